The average molecular weight is 436 g/mol. The van der Waals surface area contributed by atoms with Gasteiger partial charge < -0.3 is 9.64 Å². The van der Waals surface area contributed by atoms with Gasteiger partial charge in [-0.1, -0.05) is 11.6 Å². The van der Waals surface area contributed by atoms with Crippen molar-refractivity contribution < 1.29 is 9.53 Å². The lowest BCUT2D eigenvalue weighted by Gasteiger charge is -2.35. The van der Waals surface area contributed by atoms with Gasteiger partial charge in [-0.15, -0.1) is 0 Å². The highest BCUT2D eigenvalue weighted by molar-refractivity contribution is 6.31. The van der Waals surface area contributed by atoms with E-state index < -0.39 is 0 Å². The highest BCUT2D eigenvalue weighted by Crippen LogP contribution is 2.47. The summed E-state index contributed by atoms with van der Waals surface area (Å²) in [5.74, 6) is 1.98. The van der Waals surface area contributed by atoms with E-state index in [-0.39, 0.29) is 11.9 Å². The van der Waals surface area contributed by atoms with Crippen LogP contribution in [-0.2, 0) is 0 Å². The number of hydrogen-bond donors (Lipinski definition) is 0. The third-order valence-corrected chi connectivity index (χ3v) is 6.25. The van der Waals surface area contributed by atoms with Gasteiger partial charge in [0.05, 0.1) is 11.6 Å². The third-order valence-electron chi connectivity index (χ3n) is 5.96. The SMILES string of the molecule is Cc1ccc(-c2ncccn2)c(C(=O)N2C[C@@H]3C[C@@H]3C[C@H]2COc2ncccc2Cl)n1. The number of ether oxygens (including phenoxy) is 1. The van der Waals surface area contributed by atoms with Crippen molar-refractivity contribution in [1.29, 1.82) is 0 Å². The Morgan fingerprint density at radius 3 is 2.71 bits per heavy atom. The van der Waals surface area contributed by atoms with E-state index in [1.807, 2.05) is 24.0 Å². The molecule has 8 heteroatoms. The Morgan fingerprint density at radius 2 is 1.90 bits per heavy atom. The molecule has 7 nitrogen and oxygen atoms in total. The predicted octanol–water partition coefficient (Wildman–Crippen LogP) is 3.83. The summed E-state index contributed by atoms with van der Waals surface area (Å²) < 4.78 is 5.92. The Hall–Kier alpha value is -3.06. The Labute approximate surface area is 185 Å². The number of carbonyl (C=O) groups excluding carboxylic acids is 1. The van der Waals surface area contributed by atoms with Crippen LogP contribution in [0, 0.1) is 18.8 Å². The van der Waals surface area contributed by atoms with Crippen LogP contribution in [-0.4, -0.2) is 49.9 Å². The fourth-order valence-electron chi connectivity index (χ4n) is 4.23. The molecule has 158 valence electrons. The largest absolute Gasteiger partial charge is 0.474 e. The number of aromatic nitrogens is 4. The number of carbonyl (C=O) groups is 1. The summed E-state index contributed by atoms with van der Waals surface area (Å²) in [5, 5.41) is 0.462. The van der Waals surface area contributed by atoms with Crippen LogP contribution < -0.4 is 4.74 Å². The number of halogens is 1. The molecule has 4 heterocycles. The first-order valence-corrected chi connectivity index (χ1v) is 10.8. The molecule has 0 aromatic carbocycles. The summed E-state index contributed by atoms with van der Waals surface area (Å²) in [4.78, 5) is 33.0. The van der Waals surface area contributed by atoms with E-state index in [0.717, 1.165) is 18.5 Å². The topological polar surface area (TPSA) is 81.1 Å². The van der Waals surface area contributed by atoms with E-state index in [1.54, 1.807) is 36.8 Å². The minimum Gasteiger partial charge on any atom is -0.474 e. The Kier molecular flexibility index (Phi) is 5.28. The smallest absolute Gasteiger partial charge is 0.273 e. The summed E-state index contributed by atoms with van der Waals surface area (Å²) >= 11 is 6.19. The molecular formula is C23H22ClN5O2. The molecule has 31 heavy (non-hydrogen) atoms. The van der Waals surface area contributed by atoms with Crippen molar-refractivity contribution in [1.82, 2.24) is 24.8 Å². The number of nitrogens with zero attached hydrogens (tertiary/aromatic N) is 5. The van der Waals surface area contributed by atoms with Gasteiger partial charge in [-0.3, -0.25) is 4.79 Å². The predicted molar refractivity (Wildman–Crippen MR) is 116 cm³/mol. The van der Waals surface area contributed by atoms with E-state index in [0.29, 0.717) is 53.0 Å². The van der Waals surface area contributed by atoms with E-state index in [2.05, 4.69) is 19.9 Å². The standard InChI is InChI=1S/C23H22ClN5O2/c1-14-5-6-18(21-25-8-3-9-26-21)20(28-14)23(30)29-12-16-10-15(16)11-17(29)13-31-22-19(24)4-2-7-27-22/h2-9,15-17H,10-13H2,1H3/t15-,16+,17+/m1/s1. The molecule has 0 radical (unpaired) electrons. The number of amides is 1. The monoisotopic (exact) mass is 435 g/mol. The molecule has 2 aliphatic rings. The first-order valence-electron chi connectivity index (χ1n) is 10.4. The molecule has 1 amide bonds. The van der Waals surface area contributed by atoms with E-state index in [1.165, 1.54) is 0 Å². The van der Waals surface area contributed by atoms with Crippen molar-refractivity contribution in [3.8, 4) is 17.3 Å². The number of pyridine rings is 2. The van der Waals surface area contributed by atoms with Crippen molar-refractivity contribution in [2.24, 2.45) is 11.8 Å². The van der Waals surface area contributed by atoms with Crippen LogP contribution in [0.25, 0.3) is 11.4 Å². The first kappa shape index (κ1) is 19.9. The summed E-state index contributed by atoms with van der Waals surface area (Å²) in [6, 6.07) is 8.93. The molecule has 1 aliphatic carbocycles. The maximum Gasteiger partial charge on any atom is 0.273 e. The van der Waals surface area contributed by atoms with Gasteiger partial charge in [0.25, 0.3) is 5.91 Å². The van der Waals surface area contributed by atoms with Crippen molar-refractivity contribution in [2.45, 2.75) is 25.8 Å². The minimum atomic E-state index is -0.114. The minimum absolute atomic E-state index is 0.0684. The number of hydrogen-bond acceptors (Lipinski definition) is 6. The number of rotatable bonds is 5. The van der Waals surface area contributed by atoms with Gasteiger partial charge >= 0.3 is 0 Å². The summed E-state index contributed by atoms with van der Waals surface area (Å²) in [6.07, 6.45) is 7.04. The van der Waals surface area contributed by atoms with Crippen LogP contribution in [0.15, 0.2) is 48.9 Å². The number of fused-ring (bicyclic) bond motifs is 1. The molecule has 0 bridgehead atoms. The summed E-state index contributed by atoms with van der Waals surface area (Å²) in [6.45, 7) is 2.93. The van der Waals surface area contributed by atoms with Gasteiger partial charge in [-0.05, 0) is 61.9 Å². The maximum atomic E-state index is 13.7. The second-order valence-electron chi connectivity index (χ2n) is 8.13. The molecule has 1 saturated heterocycles. The molecule has 0 spiro atoms. The van der Waals surface area contributed by atoms with Crippen molar-refractivity contribution in [3.05, 3.63) is 65.3 Å². The second-order valence-corrected chi connectivity index (χ2v) is 8.53. The first-order chi connectivity index (χ1) is 15.1. The molecule has 3 atom stereocenters. The number of piperidine rings is 1. The van der Waals surface area contributed by atoms with Crippen LogP contribution >= 0.6 is 11.6 Å². The zero-order valence-corrected chi connectivity index (χ0v) is 17.9. The fourth-order valence-corrected chi connectivity index (χ4v) is 4.41. The van der Waals surface area contributed by atoms with E-state index in [4.69, 9.17) is 16.3 Å². The molecule has 2 fully saturated rings. The van der Waals surface area contributed by atoms with Crippen molar-refractivity contribution in [3.63, 3.8) is 0 Å². The Morgan fingerprint density at radius 1 is 1.10 bits per heavy atom. The normalized spacial score (nSPS) is 22.0. The van der Waals surface area contributed by atoms with Gasteiger partial charge in [0.2, 0.25) is 5.88 Å². The quantitative estimate of drug-likeness (QED) is 0.606. The third kappa shape index (κ3) is 4.10. The summed E-state index contributed by atoms with van der Waals surface area (Å²) in [7, 11) is 0. The van der Waals surface area contributed by atoms with Crippen LogP contribution in [0.3, 0.4) is 0 Å². The molecule has 1 saturated carbocycles. The molecule has 5 rings (SSSR count). The van der Waals surface area contributed by atoms with Crippen LogP contribution in [0.5, 0.6) is 5.88 Å². The van der Waals surface area contributed by atoms with Crippen LogP contribution in [0.1, 0.15) is 29.0 Å². The van der Waals surface area contributed by atoms with E-state index in [9.17, 15) is 4.79 Å². The van der Waals surface area contributed by atoms with Gasteiger partial charge in [0.1, 0.15) is 17.3 Å². The van der Waals surface area contributed by atoms with Gasteiger partial charge in [-0.2, -0.15) is 0 Å². The van der Waals surface area contributed by atoms with Crippen molar-refractivity contribution >= 4 is 17.5 Å². The molecular weight excluding hydrogens is 414 g/mol. The van der Waals surface area contributed by atoms with Gasteiger partial charge in [0, 0.05) is 30.8 Å². The van der Waals surface area contributed by atoms with Crippen molar-refractivity contribution in [2.75, 3.05) is 13.2 Å². The van der Waals surface area contributed by atoms with Gasteiger partial charge in [-0.25, -0.2) is 19.9 Å². The molecule has 0 unspecified atom stereocenters. The lowest BCUT2D eigenvalue weighted by molar-refractivity contribution is 0.0503. The highest BCUT2D eigenvalue weighted by atomic mass is 35.5. The summed E-state index contributed by atoms with van der Waals surface area (Å²) in [5.41, 5.74) is 1.80. The zero-order valence-electron chi connectivity index (χ0n) is 17.1. The average Bonchev–Trinajstić information content (AvgIpc) is 3.56. The maximum absolute atomic E-state index is 13.7. The number of likely N-dealkylation sites (tertiary alicyclic amines) is 1. The number of aryl methyl sites for hydroxylation is 1. The molecule has 0 N–H and O–H groups in total. The van der Waals surface area contributed by atoms with Gasteiger partial charge in [0.15, 0.2) is 5.82 Å². The lowest BCUT2D eigenvalue weighted by Crippen LogP contribution is -2.48. The zero-order chi connectivity index (χ0) is 21.4. The molecule has 3 aromatic rings. The van der Waals surface area contributed by atoms with Crippen LogP contribution in [0.2, 0.25) is 5.02 Å². The second kappa shape index (κ2) is 8.23. The van der Waals surface area contributed by atoms with Crippen LogP contribution in [0.4, 0.5) is 0 Å². The molecule has 1 aliphatic heterocycles. The Bertz CT molecular complexity index is 1110. The highest BCUT2D eigenvalue weighted by Gasteiger charge is 2.47. The lowest BCUT2D eigenvalue weighted by atomic mass is 10.0. The Balaban J connectivity index is 1.43. The molecule has 3 aromatic heterocycles. The fraction of sp³-hybridized carbons (Fsp3) is 0.348. The van der Waals surface area contributed by atoms with E-state index >= 15 is 0 Å².